The molecule has 0 radical (unpaired) electrons. The van der Waals surface area contributed by atoms with Gasteiger partial charge in [0.1, 0.15) is 11.9 Å². The number of rotatable bonds is 6. The number of ether oxygens (including phenoxy) is 1. The van der Waals surface area contributed by atoms with Crippen LogP contribution in [0.4, 0.5) is 0 Å². The fourth-order valence-corrected chi connectivity index (χ4v) is 2.78. The molecule has 0 aliphatic heterocycles. The zero-order chi connectivity index (χ0) is 13.2. The van der Waals surface area contributed by atoms with Crippen LogP contribution in [0.3, 0.4) is 0 Å². The van der Waals surface area contributed by atoms with Crippen LogP contribution in [0.15, 0.2) is 18.2 Å². The van der Waals surface area contributed by atoms with Crippen LogP contribution in [0, 0.1) is 5.92 Å². The Morgan fingerprint density at radius 2 is 2.00 bits per heavy atom. The first kappa shape index (κ1) is 13.0. The van der Waals surface area contributed by atoms with E-state index in [0.29, 0.717) is 5.92 Å². The van der Waals surface area contributed by atoms with Crippen molar-refractivity contribution in [2.75, 3.05) is 6.54 Å². The van der Waals surface area contributed by atoms with E-state index in [0.717, 1.165) is 18.3 Å². The summed E-state index contributed by atoms with van der Waals surface area (Å²) >= 11 is 0. The second-order valence-corrected chi connectivity index (χ2v) is 6.37. The molecule has 0 bridgehead atoms. The molecule has 1 atom stereocenters. The monoisotopic (exact) mass is 259 g/mol. The van der Waals surface area contributed by atoms with Gasteiger partial charge in [0.2, 0.25) is 0 Å². The first-order valence-electron chi connectivity index (χ1n) is 7.74. The van der Waals surface area contributed by atoms with Gasteiger partial charge in [-0.15, -0.1) is 0 Å². The predicted octanol–water partition coefficient (Wildman–Crippen LogP) is 3.33. The van der Waals surface area contributed by atoms with Crippen LogP contribution in [0.25, 0.3) is 0 Å². The average molecular weight is 259 g/mol. The molecule has 1 aromatic carbocycles. The lowest BCUT2D eigenvalue weighted by Crippen LogP contribution is -2.36. The van der Waals surface area contributed by atoms with E-state index in [-0.39, 0.29) is 6.10 Å². The van der Waals surface area contributed by atoms with Crippen molar-refractivity contribution in [3.8, 4) is 5.75 Å². The summed E-state index contributed by atoms with van der Waals surface area (Å²) in [6.07, 6.45) is 6.72. The minimum absolute atomic E-state index is 0.278. The maximum atomic E-state index is 6.22. The summed E-state index contributed by atoms with van der Waals surface area (Å²) < 4.78 is 6.22. The molecule has 0 amide bonds. The third-order valence-corrected chi connectivity index (χ3v) is 4.29. The fourth-order valence-electron chi connectivity index (χ4n) is 2.78. The molecule has 1 unspecified atom stereocenters. The summed E-state index contributed by atoms with van der Waals surface area (Å²) in [4.78, 5) is 0. The number of hydrogen-bond donors (Lipinski definition) is 1. The van der Waals surface area contributed by atoms with Crippen molar-refractivity contribution in [3.63, 3.8) is 0 Å². The Kier molecular flexibility index (Phi) is 3.79. The van der Waals surface area contributed by atoms with Gasteiger partial charge in [0.15, 0.2) is 0 Å². The standard InChI is InChI=1S/C17H25NO/c1-12(2)17(11-18-15-7-8-15)19-16-9-6-13-4-3-5-14(13)10-16/h6,9-10,12,15,17-18H,3-5,7-8,11H2,1-2H3. The van der Waals surface area contributed by atoms with Crippen LogP contribution in [-0.4, -0.2) is 18.7 Å². The number of nitrogens with one attached hydrogen (secondary N) is 1. The van der Waals surface area contributed by atoms with Gasteiger partial charge in [0.25, 0.3) is 0 Å². The van der Waals surface area contributed by atoms with E-state index in [9.17, 15) is 0 Å². The number of benzene rings is 1. The highest BCUT2D eigenvalue weighted by atomic mass is 16.5. The number of hydrogen-bond acceptors (Lipinski definition) is 2. The van der Waals surface area contributed by atoms with Gasteiger partial charge in [-0.2, -0.15) is 0 Å². The van der Waals surface area contributed by atoms with Crippen LogP contribution in [0.2, 0.25) is 0 Å². The van der Waals surface area contributed by atoms with Crippen molar-refractivity contribution >= 4 is 0 Å². The molecular weight excluding hydrogens is 234 g/mol. The minimum Gasteiger partial charge on any atom is -0.489 e. The van der Waals surface area contributed by atoms with Crippen molar-refractivity contribution in [1.29, 1.82) is 0 Å². The van der Waals surface area contributed by atoms with Gasteiger partial charge >= 0.3 is 0 Å². The van der Waals surface area contributed by atoms with Crippen LogP contribution in [0.1, 0.15) is 44.2 Å². The first-order chi connectivity index (χ1) is 9.22. The van der Waals surface area contributed by atoms with E-state index in [1.165, 1.54) is 43.2 Å². The maximum Gasteiger partial charge on any atom is 0.120 e. The van der Waals surface area contributed by atoms with Gasteiger partial charge in [-0.25, -0.2) is 0 Å². The normalized spacial score (nSPS) is 19.5. The van der Waals surface area contributed by atoms with Gasteiger partial charge < -0.3 is 10.1 Å². The molecule has 0 heterocycles. The summed E-state index contributed by atoms with van der Waals surface area (Å²) in [7, 11) is 0. The Hall–Kier alpha value is -1.02. The summed E-state index contributed by atoms with van der Waals surface area (Å²) in [5.74, 6) is 1.59. The Labute approximate surface area is 116 Å². The summed E-state index contributed by atoms with van der Waals surface area (Å²) in [6, 6.07) is 7.42. The molecule has 2 aliphatic carbocycles. The van der Waals surface area contributed by atoms with Crippen LogP contribution >= 0.6 is 0 Å². The van der Waals surface area contributed by atoms with E-state index in [4.69, 9.17) is 4.74 Å². The molecule has 19 heavy (non-hydrogen) atoms. The van der Waals surface area contributed by atoms with E-state index in [2.05, 4.69) is 37.4 Å². The van der Waals surface area contributed by atoms with Crippen molar-refractivity contribution in [3.05, 3.63) is 29.3 Å². The number of fused-ring (bicyclic) bond motifs is 1. The molecule has 0 saturated heterocycles. The molecule has 0 spiro atoms. The maximum absolute atomic E-state index is 6.22. The molecular formula is C17H25NO. The van der Waals surface area contributed by atoms with E-state index >= 15 is 0 Å². The lowest BCUT2D eigenvalue weighted by Gasteiger charge is -2.23. The molecule has 2 heteroatoms. The van der Waals surface area contributed by atoms with Gasteiger partial charge in [0.05, 0.1) is 0 Å². The quantitative estimate of drug-likeness (QED) is 0.846. The Bertz CT molecular complexity index is 437. The second kappa shape index (κ2) is 5.54. The molecule has 1 N–H and O–H groups in total. The molecule has 1 aromatic rings. The zero-order valence-electron chi connectivity index (χ0n) is 12.1. The van der Waals surface area contributed by atoms with Crippen molar-refractivity contribution in [1.82, 2.24) is 5.32 Å². The van der Waals surface area contributed by atoms with Gasteiger partial charge in [-0.05, 0) is 61.3 Å². The second-order valence-electron chi connectivity index (χ2n) is 6.37. The highest BCUT2D eigenvalue weighted by molar-refractivity contribution is 5.38. The molecule has 1 fully saturated rings. The third kappa shape index (κ3) is 3.30. The lowest BCUT2D eigenvalue weighted by molar-refractivity contribution is 0.148. The molecule has 2 aliphatic rings. The molecule has 2 nitrogen and oxygen atoms in total. The van der Waals surface area contributed by atoms with Crippen molar-refractivity contribution in [2.24, 2.45) is 5.92 Å². The highest BCUT2D eigenvalue weighted by Gasteiger charge is 2.24. The SMILES string of the molecule is CC(C)C(CNC1CC1)Oc1ccc2c(c1)CCC2. The summed E-state index contributed by atoms with van der Waals surface area (Å²) in [6.45, 7) is 5.46. The van der Waals surface area contributed by atoms with E-state index < -0.39 is 0 Å². The van der Waals surface area contributed by atoms with Crippen molar-refractivity contribution in [2.45, 2.75) is 58.1 Å². The van der Waals surface area contributed by atoms with Gasteiger partial charge in [-0.3, -0.25) is 0 Å². The van der Waals surface area contributed by atoms with Crippen molar-refractivity contribution < 1.29 is 4.74 Å². The van der Waals surface area contributed by atoms with E-state index in [1.54, 1.807) is 0 Å². The predicted molar refractivity (Wildman–Crippen MR) is 78.7 cm³/mol. The fraction of sp³-hybridized carbons (Fsp3) is 0.647. The van der Waals surface area contributed by atoms with Gasteiger partial charge in [-0.1, -0.05) is 19.9 Å². The highest BCUT2D eigenvalue weighted by Crippen LogP contribution is 2.27. The topological polar surface area (TPSA) is 21.3 Å². The first-order valence-corrected chi connectivity index (χ1v) is 7.74. The van der Waals surface area contributed by atoms with Crippen LogP contribution in [-0.2, 0) is 12.8 Å². The average Bonchev–Trinajstić information content (AvgIpc) is 3.10. The summed E-state index contributed by atoms with van der Waals surface area (Å²) in [5, 5.41) is 3.59. The molecule has 0 aromatic heterocycles. The number of aryl methyl sites for hydroxylation is 2. The zero-order valence-corrected chi connectivity index (χ0v) is 12.1. The largest absolute Gasteiger partial charge is 0.489 e. The smallest absolute Gasteiger partial charge is 0.120 e. The van der Waals surface area contributed by atoms with Gasteiger partial charge in [0, 0.05) is 12.6 Å². The molecule has 3 rings (SSSR count). The summed E-state index contributed by atoms with van der Waals surface area (Å²) in [5.41, 5.74) is 3.01. The van der Waals surface area contributed by atoms with Crippen LogP contribution < -0.4 is 10.1 Å². The molecule has 104 valence electrons. The Morgan fingerprint density at radius 3 is 2.74 bits per heavy atom. The van der Waals surface area contributed by atoms with Crippen LogP contribution in [0.5, 0.6) is 5.75 Å². The Balaban J connectivity index is 1.63. The lowest BCUT2D eigenvalue weighted by atomic mass is 10.1. The van der Waals surface area contributed by atoms with E-state index in [1.807, 2.05) is 0 Å². The molecule has 1 saturated carbocycles. The Morgan fingerprint density at radius 1 is 1.21 bits per heavy atom. The minimum atomic E-state index is 0.278. The third-order valence-electron chi connectivity index (χ3n) is 4.29.